The van der Waals surface area contributed by atoms with Crippen LogP contribution < -0.4 is 16.0 Å². The van der Waals surface area contributed by atoms with Crippen LogP contribution in [0, 0.1) is 0 Å². The van der Waals surface area contributed by atoms with Crippen LogP contribution in [0.5, 0.6) is 5.75 Å². The molecule has 0 saturated carbocycles. The number of rotatable bonds is 3. The van der Waals surface area contributed by atoms with Crippen LogP contribution in [-0.4, -0.2) is 20.8 Å². The molecule has 0 aliphatic carbocycles. The monoisotopic (exact) mass is 395 g/mol. The molecule has 0 unspecified atom stereocenters. The molecule has 0 amide bonds. The van der Waals surface area contributed by atoms with Gasteiger partial charge in [-0.3, -0.25) is 13.9 Å². The van der Waals surface area contributed by atoms with Crippen LogP contribution in [0.4, 0.5) is 0 Å². The SMILES string of the molecule is COc1ccc(-n2cc3c(c2-c2ccccc2Cl)c(=O)n(C)c(=O)n3C)cc1. The summed E-state index contributed by atoms with van der Waals surface area (Å²) >= 11 is 6.48. The lowest BCUT2D eigenvalue weighted by atomic mass is 10.1. The van der Waals surface area contributed by atoms with Gasteiger partial charge in [-0.25, -0.2) is 4.79 Å². The van der Waals surface area contributed by atoms with Gasteiger partial charge in [-0.1, -0.05) is 29.8 Å². The molecule has 4 aromatic rings. The highest BCUT2D eigenvalue weighted by Gasteiger charge is 2.21. The summed E-state index contributed by atoms with van der Waals surface area (Å²) in [5, 5.41) is 0.960. The molecule has 7 heteroatoms. The third-order valence-corrected chi connectivity index (χ3v) is 5.25. The molecule has 28 heavy (non-hydrogen) atoms. The number of aryl methyl sites for hydroxylation is 1. The number of nitrogens with zero attached hydrogens (tertiary/aromatic N) is 3. The summed E-state index contributed by atoms with van der Waals surface area (Å²) in [6.07, 6.45) is 1.79. The minimum absolute atomic E-state index is 0.361. The standard InChI is InChI=1S/C21H18ClN3O3/c1-23-17-12-25(13-8-10-14(28-3)11-9-13)19(15-6-4-5-7-16(15)22)18(17)20(26)24(2)21(23)27/h4-12H,1-3H3. The topological polar surface area (TPSA) is 58.2 Å². The number of methoxy groups -OCH3 is 1. The van der Waals surface area contributed by atoms with Gasteiger partial charge in [0.05, 0.1) is 23.7 Å². The summed E-state index contributed by atoms with van der Waals surface area (Å²) in [6, 6.07) is 14.8. The molecule has 0 bridgehead atoms. The van der Waals surface area contributed by atoms with Crippen LogP contribution in [0.3, 0.4) is 0 Å². The summed E-state index contributed by atoms with van der Waals surface area (Å²) < 4.78 is 9.70. The van der Waals surface area contributed by atoms with Crippen LogP contribution in [-0.2, 0) is 14.1 Å². The Morgan fingerprint density at radius 1 is 0.929 bits per heavy atom. The van der Waals surface area contributed by atoms with Gasteiger partial charge < -0.3 is 9.30 Å². The van der Waals surface area contributed by atoms with Gasteiger partial charge in [-0.15, -0.1) is 0 Å². The number of aromatic nitrogens is 3. The number of hydrogen-bond acceptors (Lipinski definition) is 3. The Balaban J connectivity index is 2.18. The van der Waals surface area contributed by atoms with Crippen molar-refractivity contribution >= 4 is 22.5 Å². The van der Waals surface area contributed by atoms with E-state index in [0.29, 0.717) is 27.2 Å². The summed E-state index contributed by atoms with van der Waals surface area (Å²) in [5.74, 6) is 0.725. The molecule has 142 valence electrons. The third kappa shape index (κ3) is 2.65. The predicted molar refractivity (Wildman–Crippen MR) is 111 cm³/mol. The second kappa shape index (κ2) is 6.73. The average molecular weight is 396 g/mol. The summed E-state index contributed by atoms with van der Waals surface area (Å²) in [6.45, 7) is 0. The van der Waals surface area contributed by atoms with E-state index in [0.717, 1.165) is 16.0 Å². The van der Waals surface area contributed by atoms with Crippen molar-refractivity contribution in [2.45, 2.75) is 0 Å². The number of hydrogen-bond donors (Lipinski definition) is 0. The second-order valence-electron chi connectivity index (χ2n) is 6.49. The molecule has 2 aromatic heterocycles. The zero-order valence-corrected chi connectivity index (χ0v) is 16.4. The molecule has 0 radical (unpaired) electrons. The number of fused-ring (bicyclic) bond motifs is 1. The van der Waals surface area contributed by atoms with Crippen LogP contribution in [0.25, 0.3) is 27.8 Å². The fourth-order valence-corrected chi connectivity index (χ4v) is 3.63. The summed E-state index contributed by atoms with van der Waals surface area (Å²) in [5.41, 5.74) is 1.98. The molecule has 0 atom stereocenters. The Morgan fingerprint density at radius 3 is 2.25 bits per heavy atom. The highest BCUT2D eigenvalue weighted by atomic mass is 35.5. The number of ether oxygens (including phenoxy) is 1. The van der Waals surface area contributed by atoms with Gasteiger partial charge >= 0.3 is 5.69 Å². The van der Waals surface area contributed by atoms with E-state index < -0.39 is 0 Å². The van der Waals surface area contributed by atoms with Gasteiger partial charge in [0.1, 0.15) is 5.75 Å². The average Bonchev–Trinajstić information content (AvgIpc) is 3.11. The van der Waals surface area contributed by atoms with E-state index in [-0.39, 0.29) is 11.2 Å². The van der Waals surface area contributed by atoms with Crippen LogP contribution in [0.2, 0.25) is 5.02 Å². The van der Waals surface area contributed by atoms with Crippen molar-refractivity contribution in [1.29, 1.82) is 0 Å². The first-order valence-electron chi connectivity index (χ1n) is 8.64. The van der Waals surface area contributed by atoms with Crippen LogP contribution >= 0.6 is 11.6 Å². The van der Waals surface area contributed by atoms with Gasteiger partial charge in [-0.05, 0) is 30.3 Å². The van der Waals surface area contributed by atoms with Gasteiger partial charge in [0.15, 0.2) is 0 Å². The smallest absolute Gasteiger partial charge is 0.330 e. The van der Waals surface area contributed by atoms with Crippen molar-refractivity contribution < 1.29 is 4.74 Å². The van der Waals surface area contributed by atoms with E-state index in [4.69, 9.17) is 16.3 Å². The minimum Gasteiger partial charge on any atom is -0.497 e. The van der Waals surface area contributed by atoms with E-state index in [9.17, 15) is 9.59 Å². The second-order valence-corrected chi connectivity index (χ2v) is 6.90. The maximum Gasteiger partial charge on any atom is 0.330 e. The molecule has 4 rings (SSSR count). The van der Waals surface area contributed by atoms with Crippen molar-refractivity contribution in [2.24, 2.45) is 14.1 Å². The fraction of sp³-hybridized carbons (Fsp3) is 0.143. The third-order valence-electron chi connectivity index (χ3n) is 4.92. The molecule has 2 heterocycles. The van der Waals surface area contributed by atoms with Gasteiger partial charge in [-0.2, -0.15) is 0 Å². The molecule has 0 spiro atoms. The Hall–Kier alpha value is -3.25. The van der Waals surface area contributed by atoms with Crippen molar-refractivity contribution in [2.75, 3.05) is 7.11 Å². The molecule has 0 N–H and O–H groups in total. The fourth-order valence-electron chi connectivity index (χ4n) is 3.41. The first kappa shape index (κ1) is 18.1. The maximum atomic E-state index is 13.0. The lowest BCUT2D eigenvalue weighted by Crippen LogP contribution is -2.36. The maximum absolute atomic E-state index is 13.0. The molecular formula is C21H18ClN3O3. The van der Waals surface area contributed by atoms with Gasteiger partial charge in [0.2, 0.25) is 0 Å². The first-order valence-corrected chi connectivity index (χ1v) is 9.02. The predicted octanol–water partition coefficient (Wildman–Crippen LogP) is 3.36. The molecule has 6 nitrogen and oxygen atoms in total. The van der Waals surface area contributed by atoms with E-state index in [1.165, 1.54) is 11.6 Å². The zero-order valence-electron chi connectivity index (χ0n) is 15.6. The lowest BCUT2D eigenvalue weighted by Gasteiger charge is -2.12. The molecule has 2 aromatic carbocycles. The zero-order chi connectivity index (χ0) is 20.0. The molecule has 0 fully saturated rings. The van der Waals surface area contributed by atoms with Crippen molar-refractivity contribution in [3.8, 4) is 22.7 Å². The van der Waals surface area contributed by atoms with Crippen molar-refractivity contribution in [1.82, 2.24) is 13.7 Å². The number of halogens is 1. The van der Waals surface area contributed by atoms with E-state index >= 15 is 0 Å². The quantitative estimate of drug-likeness (QED) is 0.534. The van der Waals surface area contributed by atoms with Crippen LogP contribution in [0.1, 0.15) is 0 Å². The first-order chi connectivity index (χ1) is 13.4. The molecule has 0 aliphatic rings. The Kier molecular flexibility index (Phi) is 4.35. The minimum atomic E-state index is -0.380. The van der Waals surface area contributed by atoms with Crippen molar-refractivity contribution in [3.63, 3.8) is 0 Å². The van der Waals surface area contributed by atoms with E-state index in [2.05, 4.69) is 0 Å². The Morgan fingerprint density at radius 2 is 1.61 bits per heavy atom. The largest absolute Gasteiger partial charge is 0.497 e. The van der Waals surface area contributed by atoms with E-state index in [1.807, 2.05) is 47.0 Å². The van der Waals surface area contributed by atoms with Gasteiger partial charge in [0, 0.05) is 36.6 Å². The van der Waals surface area contributed by atoms with E-state index in [1.54, 1.807) is 26.4 Å². The highest BCUT2D eigenvalue weighted by Crippen LogP contribution is 2.35. The normalized spacial score (nSPS) is 11.1. The lowest BCUT2D eigenvalue weighted by molar-refractivity contribution is 0.415. The van der Waals surface area contributed by atoms with Gasteiger partial charge in [0.25, 0.3) is 5.56 Å². The molecule has 0 saturated heterocycles. The Labute approximate surface area is 165 Å². The molecule has 0 aliphatic heterocycles. The summed E-state index contributed by atoms with van der Waals surface area (Å²) in [4.78, 5) is 25.4. The van der Waals surface area contributed by atoms with Crippen molar-refractivity contribution in [3.05, 3.63) is 80.6 Å². The summed E-state index contributed by atoms with van der Waals surface area (Å²) in [7, 11) is 4.73. The number of benzene rings is 2. The molecular weight excluding hydrogens is 378 g/mol. The van der Waals surface area contributed by atoms with Crippen LogP contribution in [0.15, 0.2) is 64.3 Å². The highest BCUT2D eigenvalue weighted by molar-refractivity contribution is 6.33. The Bertz CT molecular complexity index is 1310.